The van der Waals surface area contributed by atoms with Crippen LogP contribution in [0.3, 0.4) is 0 Å². The Balaban J connectivity index is 2.15. The maximum Gasteiger partial charge on any atom is 0.214 e. The van der Waals surface area contributed by atoms with Gasteiger partial charge in [0, 0.05) is 19.1 Å². The third kappa shape index (κ3) is 4.55. The lowest BCUT2D eigenvalue weighted by atomic mass is 9.91. The molecule has 1 fully saturated rings. The molecule has 1 aromatic heterocycles. The molecule has 1 atom stereocenters. The number of nitrogens with zero attached hydrogens (tertiary/aromatic N) is 4. The predicted molar refractivity (Wildman–Crippen MR) is 93.0 cm³/mol. The molecule has 2 heterocycles. The molecule has 0 radical (unpaired) electrons. The minimum Gasteiger partial charge on any atom is -0.382 e. The molecule has 0 aliphatic carbocycles. The first-order valence-electron chi connectivity index (χ1n) is 8.55. The number of hydrogen-bond donors (Lipinski definition) is 1. The second-order valence-corrected chi connectivity index (χ2v) is 10.4. The normalized spacial score (nSPS) is 23.8. The second-order valence-electron chi connectivity index (χ2n) is 8.27. The van der Waals surface area contributed by atoms with Crippen molar-refractivity contribution in [3.63, 3.8) is 0 Å². The molecule has 0 saturated carbocycles. The fourth-order valence-electron chi connectivity index (χ4n) is 2.75. The third-order valence-corrected chi connectivity index (χ3v) is 6.27. The van der Waals surface area contributed by atoms with Crippen LogP contribution in [0.25, 0.3) is 0 Å². The largest absolute Gasteiger partial charge is 0.382 e. The standard InChI is InChI=1S/C16H30N4O3S/c1-13(2)20-11-14(17-18-20)16(21)7-6-9-19(12-16)24(22,23)10-8-15(3,4)5/h11,13,21H,6-10,12H2,1-5H3/t16-/m0/s1. The molecule has 0 amide bonds. The maximum atomic E-state index is 12.6. The van der Waals surface area contributed by atoms with Crippen LogP contribution in [-0.4, -0.2) is 51.7 Å². The van der Waals surface area contributed by atoms with Gasteiger partial charge in [0.25, 0.3) is 0 Å². The number of β-amino-alcohol motifs (C(OH)–C–C–N with tert-alkyl or cyclic N) is 1. The molecule has 1 aliphatic rings. The predicted octanol–water partition coefficient (Wildman–Crippen LogP) is 1.91. The van der Waals surface area contributed by atoms with Gasteiger partial charge in [-0.2, -0.15) is 4.31 Å². The van der Waals surface area contributed by atoms with Gasteiger partial charge >= 0.3 is 0 Å². The molecule has 1 saturated heterocycles. The number of aliphatic hydroxyl groups is 1. The van der Waals surface area contributed by atoms with Crippen LogP contribution in [0.2, 0.25) is 0 Å². The summed E-state index contributed by atoms with van der Waals surface area (Å²) in [6, 6.07) is 0.144. The van der Waals surface area contributed by atoms with Crippen molar-refractivity contribution < 1.29 is 13.5 Å². The third-order valence-electron chi connectivity index (χ3n) is 4.46. The van der Waals surface area contributed by atoms with E-state index < -0.39 is 15.6 Å². The van der Waals surface area contributed by atoms with Gasteiger partial charge in [-0.15, -0.1) is 5.10 Å². The van der Waals surface area contributed by atoms with E-state index in [0.29, 0.717) is 31.5 Å². The molecule has 0 unspecified atom stereocenters. The summed E-state index contributed by atoms with van der Waals surface area (Å²) in [5, 5.41) is 19.1. The van der Waals surface area contributed by atoms with E-state index in [4.69, 9.17) is 0 Å². The Morgan fingerprint density at radius 3 is 2.58 bits per heavy atom. The molecular weight excluding hydrogens is 328 g/mol. The highest BCUT2D eigenvalue weighted by molar-refractivity contribution is 7.89. The molecule has 0 bridgehead atoms. The van der Waals surface area contributed by atoms with Crippen molar-refractivity contribution >= 4 is 10.0 Å². The van der Waals surface area contributed by atoms with Gasteiger partial charge in [0.15, 0.2) is 0 Å². The lowest BCUT2D eigenvalue weighted by Gasteiger charge is -2.37. The van der Waals surface area contributed by atoms with E-state index in [1.165, 1.54) is 4.31 Å². The molecule has 138 valence electrons. The molecule has 1 aromatic rings. The average Bonchev–Trinajstić information content (AvgIpc) is 2.95. The summed E-state index contributed by atoms with van der Waals surface area (Å²) in [6.45, 7) is 10.5. The molecule has 8 heteroatoms. The van der Waals surface area contributed by atoms with Gasteiger partial charge in [-0.1, -0.05) is 26.0 Å². The van der Waals surface area contributed by atoms with E-state index in [1.54, 1.807) is 10.9 Å². The van der Waals surface area contributed by atoms with Crippen LogP contribution in [0.4, 0.5) is 0 Å². The number of rotatable bonds is 5. The van der Waals surface area contributed by atoms with Crippen LogP contribution in [0.1, 0.15) is 65.6 Å². The summed E-state index contributed by atoms with van der Waals surface area (Å²) in [5.41, 5.74) is -0.855. The average molecular weight is 359 g/mol. The molecular formula is C16H30N4O3S. The van der Waals surface area contributed by atoms with Gasteiger partial charge < -0.3 is 5.11 Å². The van der Waals surface area contributed by atoms with E-state index >= 15 is 0 Å². The summed E-state index contributed by atoms with van der Waals surface area (Å²) in [5.74, 6) is 0.102. The quantitative estimate of drug-likeness (QED) is 0.868. The van der Waals surface area contributed by atoms with Gasteiger partial charge in [0.1, 0.15) is 11.3 Å². The Morgan fingerprint density at radius 2 is 2.04 bits per heavy atom. The maximum absolute atomic E-state index is 12.6. The zero-order valence-corrected chi connectivity index (χ0v) is 16.2. The Morgan fingerprint density at radius 1 is 1.38 bits per heavy atom. The van der Waals surface area contributed by atoms with Crippen molar-refractivity contribution in [2.75, 3.05) is 18.8 Å². The van der Waals surface area contributed by atoms with Crippen LogP contribution in [-0.2, 0) is 15.6 Å². The number of hydrogen-bond acceptors (Lipinski definition) is 5. The summed E-state index contributed by atoms with van der Waals surface area (Å²) in [6.07, 6.45) is 3.42. The van der Waals surface area contributed by atoms with Crippen LogP contribution < -0.4 is 0 Å². The van der Waals surface area contributed by atoms with Crippen molar-refractivity contribution in [3.05, 3.63) is 11.9 Å². The lowest BCUT2D eigenvalue weighted by molar-refractivity contribution is -0.0162. The zero-order valence-electron chi connectivity index (χ0n) is 15.4. The van der Waals surface area contributed by atoms with Crippen molar-refractivity contribution in [2.45, 2.75) is 65.5 Å². The van der Waals surface area contributed by atoms with Crippen molar-refractivity contribution in [1.82, 2.24) is 19.3 Å². The fourth-order valence-corrected chi connectivity index (χ4v) is 4.70. The Bertz CT molecular complexity index is 663. The minimum atomic E-state index is -3.39. The van der Waals surface area contributed by atoms with Gasteiger partial charge in [0.2, 0.25) is 10.0 Å². The molecule has 24 heavy (non-hydrogen) atoms. The lowest BCUT2D eigenvalue weighted by Crippen LogP contribution is -2.49. The van der Waals surface area contributed by atoms with Crippen LogP contribution >= 0.6 is 0 Å². The number of piperidine rings is 1. The first-order chi connectivity index (χ1) is 10.9. The molecule has 2 rings (SSSR count). The Kier molecular flexibility index (Phi) is 5.42. The van der Waals surface area contributed by atoms with E-state index in [-0.39, 0.29) is 23.8 Å². The summed E-state index contributed by atoms with van der Waals surface area (Å²) in [4.78, 5) is 0. The van der Waals surface area contributed by atoms with Crippen molar-refractivity contribution in [3.8, 4) is 0 Å². The minimum absolute atomic E-state index is 0.0425. The van der Waals surface area contributed by atoms with Gasteiger partial charge in [0.05, 0.1) is 11.9 Å². The number of aromatic nitrogens is 3. The van der Waals surface area contributed by atoms with E-state index in [1.807, 2.05) is 34.6 Å². The molecule has 1 N–H and O–H groups in total. The zero-order chi connectivity index (χ0) is 18.2. The highest BCUT2D eigenvalue weighted by Crippen LogP contribution is 2.32. The van der Waals surface area contributed by atoms with Crippen molar-refractivity contribution in [1.29, 1.82) is 0 Å². The molecule has 0 aromatic carbocycles. The highest BCUT2D eigenvalue weighted by Gasteiger charge is 2.41. The van der Waals surface area contributed by atoms with E-state index in [9.17, 15) is 13.5 Å². The van der Waals surface area contributed by atoms with E-state index in [2.05, 4.69) is 10.3 Å². The smallest absolute Gasteiger partial charge is 0.214 e. The Hall–Kier alpha value is -0.990. The van der Waals surface area contributed by atoms with Crippen molar-refractivity contribution in [2.24, 2.45) is 5.41 Å². The molecule has 0 spiro atoms. The van der Waals surface area contributed by atoms with Gasteiger partial charge in [-0.25, -0.2) is 13.1 Å². The topological polar surface area (TPSA) is 88.3 Å². The fraction of sp³-hybridized carbons (Fsp3) is 0.875. The summed E-state index contributed by atoms with van der Waals surface area (Å²) in [7, 11) is -3.39. The van der Waals surface area contributed by atoms with Gasteiger partial charge in [-0.3, -0.25) is 0 Å². The van der Waals surface area contributed by atoms with Crippen LogP contribution in [0.15, 0.2) is 6.20 Å². The first-order valence-corrected chi connectivity index (χ1v) is 10.2. The SMILES string of the molecule is CC(C)n1cc([C@]2(O)CCCN(S(=O)(=O)CCC(C)(C)C)C2)nn1. The van der Waals surface area contributed by atoms with Crippen LogP contribution in [0, 0.1) is 5.41 Å². The Labute approximate surface area is 145 Å². The first kappa shape index (κ1) is 19.3. The van der Waals surface area contributed by atoms with Gasteiger partial charge in [-0.05, 0) is 38.5 Å². The number of sulfonamides is 1. The highest BCUT2D eigenvalue weighted by atomic mass is 32.2. The summed E-state index contributed by atoms with van der Waals surface area (Å²) >= 11 is 0. The van der Waals surface area contributed by atoms with E-state index in [0.717, 1.165) is 0 Å². The van der Waals surface area contributed by atoms with Crippen LogP contribution in [0.5, 0.6) is 0 Å². The summed E-state index contributed by atoms with van der Waals surface area (Å²) < 4.78 is 28.4. The second kappa shape index (κ2) is 6.72. The monoisotopic (exact) mass is 358 g/mol. The molecule has 1 aliphatic heterocycles. The molecule has 7 nitrogen and oxygen atoms in total.